The molecule has 3 rings (SSSR count). The van der Waals surface area contributed by atoms with E-state index in [0.717, 1.165) is 17.0 Å². The number of imide groups is 1. The van der Waals surface area contributed by atoms with Gasteiger partial charge >= 0.3 is 6.03 Å². The van der Waals surface area contributed by atoms with Gasteiger partial charge in [-0.2, -0.15) is 0 Å². The summed E-state index contributed by atoms with van der Waals surface area (Å²) in [7, 11) is 0. The third kappa shape index (κ3) is 6.75. The summed E-state index contributed by atoms with van der Waals surface area (Å²) in [5.74, 6) is 0.380. The Labute approximate surface area is 182 Å². The predicted octanol–water partition coefficient (Wildman–Crippen LogP) is 3.80. The van der Waals surface area contributed by atoms with Crippen LogP contribution in [0.15, 0.2) is 58.9 Å². The molecule has 0 aliphatic rings. The Morgan fingerprint density at radius 1 is 1.07 bits per heavy atom. The van der Waals surface area contributed by atoms with E-state index >= 15 is 0 Å². The van der Waals surface area contributed by atoms with Gasteiger partial charge in [-0.05, 0) is 24.6 Å². The highest BCUT2D eigenvalue weighted by Crippen LogP contribution is 2.31. The van der Waals surface area contributed by atoms with Crippen molar-refractivity contribution in [3.63, 3.8) is 0 Å². The van der Waals surface area contributed by atoms with Crippen LogP contribution in [0.3, 0.4) is 0 Å². The number of nitrogens with one attached hydrogen (secondary N) is 3. The van der Waals surface area contributed by atoms with E-state index in [9.17, 15) is 9.59 Å². The van der Waals surface area contributed by atoms with Crippen molar-refractivity contribution in [2.75, 3.05) is 17.7 Å². The lowest BCUT2D eigenvalue weighted by atomic mass is 10.2. The molecular weight excluding hydrogens is 422 g/mol. The number of urea groups is 1. The van der Waals surface area contributed by atoms with E-state index in [-0.39, 0.29) is 5.75 Å². The van der Waals surface area contributed by atoms with Gasteiger partial charge in [0, 0.05) is 6.54 Å². The highest BCUT2D eigenvalue weighted by atomic mass is 32.2. The molecule has 156 valence electrons. The highest BCUT2D eigenvalue weighted by molar-refractivity contribution is 8.01. The quantitative estimate of drug-likeness (QED) is 0.432. The lowest BCUT2D eigenvalue weighted by molar-refractivity contribution is -0.117. The second-order valence-corrected chi connectivity index (χ2v) is 8.13. The fourth-order valence-corrected chi connectivity index (χ4v) is 3.96. The van der Waals surface area contributed by atoms with Crippen molar-refractivity contribution < 1.29 is 14.3 Å². The largest absolute Gasteiger partial charge is 0.492 e. The van der Waals surface area contributed by atoms with Crippen molar-refractivity contribution in [1.29, 1.82) is 0 Å². The van der Waals surface area contributed by atoms with E-state index in [1.54, 1.807) is 0 Å². The summed E-state index contributed by atoms with van der Waals surface area (Å²) >= 11 is 2.53. The maximum Gasteiger partial charge on any atom is 0.321 e. The molecule has 0 aliphatic heterocycles. The van der Waals surface area contributed by atoms with Crippen molar-refractivity contribution in [1.82, 2.24) is 20.8 Å². The second kappa shape index (κ2) is 11.2. The average molecular weight is 444 g/mol. The summed E-state index contributed by atoms with van der Waals surface area (Å²) in [6.45, 7) is 2.83. The first-order valence-electron chi connectivity index (χ1n) is 9.21. The smallest absolute Gasteiger partial charge is 0.321 e. The van der Waals surface area contributed by atoms with Gasteiger partial charge < -0.3 is 15.4 Å². The number of amides is 3. The zero-order chi connectivity index (χ0) is 21.2. The van der Waals surface area contributed by atoms with Gasteiger partial charge in [0.1, 0.15) is 5.75 Å². The molecule has 8 nitrogen and oxygen atoms in total. The number of para-hydroxylation sites is 2. The van der Waals surface area contributed by atoms with Gasteiger partial charge in [0.05, 0.1) is 18.0 Å². The summed E-state index contributed by atoms with van der Waals surface area (Å²) in [5, 5.41) is 16.9. The molecule has 3 amide bonds. The first-order valence-corrected chi connectivity index (χ1v) is 11.0. The summed E-state index contributed by atoms with van der Waals surface area (Å²) in [5.41, 5.74) is 1.74. The molecule has 0 aliphatic carbocycles. The maximum absolute atomic E-state index is 12.0. The van der Waals surface area contributed by atoms with Crippen LogP contribution in [0.25, 0.3) is 0 Å². The number of benzene rings is 2. The van der Waals surface area contributed by atoms with E-state index in [1.807, 2.05) is 61.5 Å². The van der Waals surface area contributed by atoms with E-state index in [1.165, 1.54) is 23.1 Å². The summed E-state index contributed by atoms with van der Waals surface area (Å²) < 4.78 is 6.19. The fraction of sp³-hybridized carbons (Fsp3) is 0.200. The van der Waals surface area contributed by atoms with Crippen LogP contribution in [-0.2, 0) is 11.3 Å². The Kier molecular flexibility index (Phi) is 8.04. The van der Waals surface area contributed by atoms with Gasteiger partial charge in [-0.3, -0.25) is 10.1 Å². The molecule has 3 aromatic rings. The Balaban J connectivity index is 1.43. The molecule has 10 heteroatoms. The third-order valence-electron chi connectivity index (χ3n) is 3.71. The van der Waals surface area contributed by atoms with Gasteiger partial charge in [-0.1, -0.05) is 65.6 Å². The molecule has 0 unspecified atom stereocenters. The molecule has 1 heterocycles. The molecule has 3 N–H and O–H groups in total. The zero-order valence-corrected chi connectivity index (χ0v) is 17.9. The van der Waals surface area contributed by atoms with E-state index in [0.29, 0.717) is 22.6 Å². The van der Waals surface area contributed by atoms with Crippen molar-refractivity contribution in [2.24, 2.45) is 0 Å². The van der Waals surface area contributed by atoms with E-state index < -0.39 is 11.9 Å². The SMILES string of the molecule is CCOc1ccccc1Nc1nnc(SCC(=O)NC(=O)NCc2ccccc2)s1. The molecule has 2 aromatic carbocycles. The average Bonchev–Trinajstić information content (AvgIpc) is 3.20. The molecule has 0 atom stereocenters. The van der Waals surface area contributed by atoms with Crippen LogP contribution in [0.4, 0.5) is 15.6 Å². The normalized spacial score (nSPS) is 10.3. The first kappa shape index (κ1) is 21.6. The Morgan fingerprint density at radius 2 is 1.83 bits per heavy atom. The minimum absolute atomic E-state index is 0.0585. The summed E-state index contributed by atoms with van der Waals surface area (Å²) in [6.07, 6.45) is 0. The fourth-order valence-electron chi connectivity index (χ4n) is 2.40. The predicted molar refractivity (Wildman–Crippen MR) is 118 cm³/mol. The van der Waals surface area contributed by atoms with Gasteiger partial charge in [0.25, 0.3) is 0 Å². The molecule has 1 aromatic heterocycles. The minimum Gasteiger partial charge on any atom is -0.492 e. The van der Waals surface area contributed by atoms with Crippen LogP contribution in [0.5, 0.6) is 5.75 Å². The zero-order valence-electron chi connectivity index (χ0n) is 16.3. The van der Waals surface area contributed by atoms with Crippen LogP contribution in [0.1, 0.15) is 12.5 Å². The highest BCUT2D eigenvalue weighted by Gasteiger charge is 2.12. The number of nitrogens with zero attached hydrogens (tertiary/aromatic N) is 2. The Morgan fingerprint density at radius 3 is 2.63 bits per heavy atom. The number of aromatic nitrogens is 2. The first-order chi connectivity index (χ1) is 14.6. The second-order valence-electron chi connectivity index (χ2n) is 5.93. The van der Waals surface area contributed by atoms with E-state index in [2.05, 4.69) is 26.1 Å². The monoisotopic (exact) mass is 443 g/mol. The van der Waals surface area contributed by atoms with Gasteiger partial charge in [-0.25, -0.2) is 4.79 Å². The van der Waals surface area contributed by atoms with Crippen molar-refractivity contribution in [3.05, 3.63) is 60.2 Å². The minimum atomic E-state index is -0.531. The molecule has 0 radical (unpaired) electrons. The maximum atomic E-state index is 12.0. The lowest BCUT2D eigenvalue weighted by Gasteiger charge is -2.09. The number of hydrogen-bond acceptors (Lipinski definition) is 8. The topological polar surface area (TPSA) is 105 Å². The number of anilines is 2. The lowest BCUT2D eigenvalue weighted by Crippen LogP contribution is -2.39. The molecular formula is C20H21N5O3S2. The van der Waals surface area contributed by atoms with Crippen LogP contribution < -0.4 is 20.7 Å². The standard InChI is InChI=1S/C20H21N5O3S2/c1-2-28-16-11-7-6-10-15(16)22-19-24-25-20(30-19)29-13-17(26)23-18(27)21-12-14-8-4-3-5-9-14/h3-11H,2,12-13H2,1H3,(H,22,24)(H2,21,23,26,27). The van der Waals surface area contributed by atoms with E-state index in [4.69, 9.17) is 4.74 Å². The Bertz CT molecular complexity index is 981. The van der Waals surface area contributed by atoms with Crippen molar-refractivity contribution in [2.45, 2.75) is 17.8 Å². The van der Waals surface area contributed by atoms with Crippen molar-refractivity contribution >= 4 is 45.9 Å². The van der Waals surface area contributed by atoms with Gasteiger partial charge in [0.2, 0.25) is 11.0 Å². The molecule has 0 bridgehead atoms. The number of hydrogen-bond donors (Lipinski definition) is 3. The molecule has 0 saturated carbocycles. The number of carbonyl (C=O) groups is 2. The summed E-state index contributed by atoms with van der Waals surface area (Å²) in [6, 6.07) is 16.5. The van der Waals surface area contributed by atoms with Gasteiger partial charge in [0.15, 0.2) is 4.34 Å². The van der Waals surface area contributed by atoms with Crippen LogP contribution in [0.2, 0.25) is 0 Å². The van der Waals surface area contributed by atoms with Crippen LogP contribution in [0, 0.1) is 0 Å². The van der Waals surface area contributed by atoms with Crippen LogP contribution >= 0.6 is 23.1 Å². The number of rotatable bonds is 9. The number of thioether (sulfide) groups is 1. The Hall–Kier alpha value is -3.11. The third-order valence-corrected chi connectivity index (χ3v) is 5.68. The van der Waals surface area contributed by atoms with Gasteiger partial charge in [-0.15, -0.1) is 10.2 Å². The molecule has 0 spiro atoms. The number of ether oxygens (including phenoxy) is 1. The van der Waals surface area contributed by atoms with Crippen LogP contribution in [-0.4, -0.2) is 34.5 Å². The molecule has 0 fully saturated rings. The molecule has 0 saturated heterocycles. The summed E-state index contributed by atoms with van der Waals surface area (Å²) in [4.78, 5) is 23.8. The molecule has 30 heavy (non-hydrogen) atoms. The van der Waals surface area contributed by atoms with Crippen molar-refractivity contribution in [3.8, 4) is 5.75 Å². The number of carbonyl (C=O) groups excluding carboxylic acids is 2.